The molecule has 1 heterocycles. The molecule has 2 unspecified atom stereocenters. The molecule has 0 aromatic rings. The van der Waals surface area contributed by atoms with E-state index in [4.69, 9.17) is 10.2 Å². The van der Waals surface area contributed by atoms with E-state index in [0.29, 0.717) is 4.90 Å². The number of urea groups is 1. The number of hydrogen-bond acceptors (Lipinski definition) is 4. The van der Waals surface area contributed by atoms with Crippen LogP contribution in [0.4, 0.5) is 4.79 Å². The lowest BCUT2D eigenvalue weighted by Crippen LogP contribution is -2.51. The lowest BCUT2D eigenvalue weighted by atomic mass is 10.0. The minimum absolute atomic E-state index is 0.585. The summed E-state index contributed by atoms with van der Waals surface area (Å²) >= 11 is 0. The van der Waals surface area contributed by atoms with Gasteiger partial charge in [-0.25, -0.2) is 19.3 Å². The first kappa shape index (κ1) is 14.9. The molecule has 2 atom stereocenters. The number of imide groups is 1. The van der Waals surface area contributed by atoms with Crippen LogP contribution in [0.5, 0.6) is 0 Å². The van der Waals surface area contributed by atoms with Crippen LogP contribution in [0.25, 0.3) is 0 Å². The van der Waals surface area contributed by atoms with Crippen LogP contribution in [-0.4, -0.2) is 61.5 Å². The molecule has 1 fully saturated rings. The van der Waals surface area contributed by atoms with Gasteiger partial charge in [-0.1, -0.05) is 0 Å². The second-order valence-electron chi connectivity index (χ2n) is 4.92. The third-order valence-electron chi connectivity index (χ3n) is 3.25. The van der Waals surface area contributed by atoms with E-state index in [1.165, 1.54) is 27.7 Å². The number of carboxylic acid groups (broad SMARTS) is 2. The van der Waals surface area contributed by atoms with Crippen LogP contribution >= 0.6 is 0 Å². The van der Waals surface area contributed by atoms with Crippen LogP contribution in [-0.2, 0) is 14.4 Å². The highest BCUT2D eigenvalue weighted by Gasteiger charge is 2.56. The monoisotopic (exact) mass is 272 g/mol. The van der Waals surface area contributed by atoms with Crippen LogP contribution in [0.15, 0.2) is 0 Å². The number of hydrogen-bond donors (Lipinski definition) is 2. The normalized spacial score (nSPS) is 21.5. The molecule has 19 heavy (non-hydrogen) atoms. The Morgan fingerprint density at radius 3 is 1.84 bits per heavy atom. The highest BCUT2D eigenvalue weighted by Crippen LogP contribution is 2.31. The number of aliphatic carboxylic acids is 2. The molecule has 2 N–H and O–H groups in total. The SMILES string of the molecule is CC(C(=O)O)N1C(=O)N(C(C)C(=O)O)C(C)(C)C1=O. The zero-order chi connectivity index (χ0) is 15.1. The molecular weight excluding hydrogens is 256 g/mol. The predicted octanol–water partition coefficient (Wildman–Crippen LogP) is -0.0246. The Hall–Kier alpha value is -2.12. The number of nitrogens with zero attached hydrogens (tertiary/aromatic N) is 2. The first-order valence-electron chi connectivity index (χ1n) is 5.66. The van der Waals surface area contributed by atoms with Crippen molar-refractivity contribution >= 4 is 23.9 Å². The van der Waals surface area contributed by atoms with E-state index in [1.54, 1.807) is 0 Å². The van der Waals surface area contributed by atoms with Crippen LogP contribution in [0.2, 0.25) is 0 Å². The lowest BCUT2D eigenvalue weighted by molar-refractivity contribution is -0.147. The standard InChI is InChI=1S/C11H16N2O6/c1-5(7(14)15)12-9(18)11(3,4)13(10(12)19)6(2)8(16)17/h5-6H,1-4H3,(H,14,15)(H,16,17). The van der Waals surface area contributed by atoms with E-state index < -0.39 is 41.5 Å². The quantitative estimate of drug-likeness (QED) is 0.695. The van der Waals surface area contributed by atoms with Crippen molar-refractivity contribution in [3.05, 3.63) is 0 Å². The van der Waals surface area contributed by atoms with Gasteiger partial charge in [-0.3, -0.25) is 9.69 Å². The maximum absolute atomic E-state index is 12.1. The summed E-state index contributed by atoms with van der Waals surface area (Å²) in [5, 5.41) is 17.9. The van der Waals surface area contributed by atoms with Crippen molar-refractivity contribution in [3.8, 4) is 0 Å². The Morgan fingerprint density at radius 1 is 1.05 bits per heavy atom. The fourth-order valence-electron chi connectivity index (χ4n) is 2.05. The Morgan fingerprint density at radius 2 is 1.47 bits per heavy atom. The fraction of sp³-hybridized carbons (Fsp3) is 0.636. The summed E-state index contributed by atoms with van der Waals surface area (Å²) in [6, 6.07) is -3.47. The average molecular weight is 272 g/mol. The summed E-state index contributed by atoms with van der Waals surface area (Å²) in [7, 11) is 0. The molecule has 106 valence electrons. The Bertz CT molecular complexity index is 458. The predicted molar refractivity (Wildman–Crippen MR) is 62.4 cm³/mol. The van der Waals surface area contributed by atoms with E-state index in [0.717, 1.165) is 4.90 Å². The van der Waals surface area contributed by atoms with E-state index in [1.807, 2.05) is 0 Å². The number of carbonyl (C=O) groups excluding carboxylic acids is 2. The third-order valence-corrected chi connectivity index (χ3v) is 3.25. The van der Waals surface area contributed by atoms with Gasteiger partial charge >= 0.3 is 18.0 Å². The minimum atomic E-state index is -1.39. The van der Waals surface area contributed by atoms with Crippen LogP contribution in [0, 0.1) is 0 Å². The molecule has 0 aliphatic carbocycles. The van der Waals surface area contributed by atoms with Gasteiger partial charge in [-0.2, -0.15) is 0 Å². The molecule has 8 heteroatoms. The average Bonchev–Trinajstić information content (AvgIpc) is 2.44. The van der Waals surface area contributed by atoms with Crippen LogP contribution in [0.3, 0.4) is 0 Å². The number of rotatable bonds is 4. The van der Waals surface area contributed by atoms with E-state index in [-0.39, 0.29) is 0 Å². The molecule has 1 aliphatic rings. The van der Waals surface area contributed by atoms with E-state index in [2.05, 4.69) is 0 Å². The Balaban J connectivity index is 3.24. The highest BCUT2D eigenvalue weighted by molar-refractivity contribution is 6.09. The molecule has 0 aromatic heterocycles. The minimum Gasteiger partial charge on any atom is -0.480 e. The van der Waals surface area contributed by atoms with Crippen molar-refractivity contribution in [1.29, 1.82) is 0 Å². The molecule has 0 bridgehead atoms. The summed E-state index contributed by atoms with van der Waals surface area (Å²) in [5.74, 6) is -3.32. The van der Waals surface area contributed by atoms with Gasteiger partial charge in [0.15, 0.2) is 0 Å². The maximum Gasteiger partial charge on any atom is 0.329 e. The molecule has 0 saturated carbocycles. The number of carboxylic acids is 2. The molecule has 0 spiro atoms. The van der Waals surface area contributed by atoms with Gasteiger partial charge in [0, 0.05) is 0 Å². The summed E-state index contributed by atoms with van der Waals surface area (Å²) in [6.07, 6.45) is 0. The summed E-state index contributed by atoms with van der Waals surface area (Å²) < 4.78 is 0. The molecule has 1 rings (SSSR count). The second-order valence-corrected chi connectivity index (χ2v) is 4.92. The number of amides is 3. The molecule has 1 aliphatic heterocycles. The molecule has 3 amide bonds. The third kappa shape index (κ3) is 2.13. The number of carbonyl (C=O) groups is 4. The Kier molecular flexibility index (Phi) is 3.56. The van der Waals surface area contributed by atoms with Gasteiger partial charge in [0.25, 0.3) is 5.91 Å². The Labute approximate surface area is 109 Å². The maximum atomic E-state index is 12.1. The largest absolute Gasteiger partial charge is 0.480 e. The second kappa shape index (κ2) is 4.52. The smallest absolute Gasteiger partial charge is 0.329 e. The zero-order valence-corrected chi connectivity index (χ0v) is 11.1. The first-order chi connectivity index (χ1) is 8.53. The zero-order valence-electron chi connectivity index (χ0n) is 11.1. The fourth-order valence-corrected chi connectivity index (χ4v) is 2.05. The van der Waals surface area contributed by atoms with E-state index in [9.17, 15) is 19.2 Å². The van der Waals surface area contributed by atoms with Crippen molar-refractivity contribution in [2.24, 2.45) is 0 Å². The van der Waals surface area contributed by atoms with E-state index >= 15 is 0 Å². The highest BCUT2D eigenvalue weighted by atomic mass is 16.4. The topological polar surface area (TPSA) is 115 Å². The first-order valence-corrected chi connectivity index (χ1v) is 5.66. The molecular formula is C11H16N2O6. The lowest BCUT2D eigenvalue weighted by Gasteiger charge is -2.30. The molecule has 0 aromatic carbocycles. The van der Waals surface area contributed by atoms with Crippen molar-refractivity contribution in [2.45, 2.75) is 45.3 Å². The molecule has 0 radical (unpaired) electrons. The van der Waals surface area contributed by atoms with Gasteiger partial charge in [-0.15, -0.1) is 0 Å². The van der Waals surface area contributed by atoms with Crippen molar-refractivity contribution in [2.75, 3.05) is 0 Å². The summed E-state index contributed by atoms with van der Waals surface area (Å²) in [5.41, 5.74) is -1.39. The van der Waals surface area contributed by atoms with Gasteiger partial charge in [-0.05, 0) is 27.7 Å². The van der Waals surface area contributed by atoms with Gasteiger partial charge in [0.1, 0.15) is 17.6 Å². The molecule has 8 nitrogen and oxygen atoms in total. The van der Waals surface area contributed by atoms with Crippen LogP contribution in [0.1, 0.15) is 27.7 Å². The van der Waals surface area contributed by atoms with Crippen LogP contribution < -0.4 is 0 Å². The van der Waals surface area contributed by atoms with Gasteiger partial charge in [0.05, 0.1) is 0 Å². The van der Waals surface area contributed by atoms with Gasteiger partial charge in [0.2, 0.25) is 0 Å². The van der Waals surface area contributed by atoms with Crippen molar-refractivity contribution < 1.29 is 29.4 Å². The summed E-state index contributed by atoms with van der Waals surface area (Å²) in [6.45, 7) is 5.25. The van der Waals surface area contributed by atoms with Gasteiger partial charge < -0.3 is 10.2 Å². The summed E-state index contributed by atoms with van der Waals surface area (Å²) in [4.78, 5) is 47.6. The molecule has 1 saturated heterocycles. The van der Waals surface area contributed by atoms with Crippen molar-refractivity contribution in [3.63, 3.8) is 0 Å². The van der Waals surface area contributed by atoms with Crippen molar-refractivity contribution in [1.82, 2.24) is 9.80 Å².